The molecule has 0 bridgehead atoms. The molecule has 0 saturated carbocycles. The van der Waals surface area contributed by atoms with Gasteiger partial charge in [-0.25, -0.2) is 4.98 Å². The highest BCUT2D eigenvalue weighted by Crippen LogP contribution is 2.09. The highest BCUT2D eigenvalue weighted by molar-refractivity contribution is 5.24. The normalized spacial score (nSPS) is 9.50. The van der Waals surface area contributed by atoms with Crippen LogP contribution in [0.25, 0.3) is 0 Å². The number of hydrogen-bond donors (Lipinski definition) is 0. The Morgan fingerprint density at radius 2 is 2.25 bits per heavy atom. The molecular formula is C7H4F2N2O. The highest BCUT2D eigenvalue weighted by atomic mass is 19.3. The van der Waals surface area contributed by atoms with Crippen LogP contribution >= 0.6 is 0 Å². The Hall–Kier alpha value is -1.70. The molecule has 1 aromatic rings. The summed E-state index contributed by atoms with van der Waals surface area (Å²) in [6, 6.07) is 5.78. The standard InChI is InChI=1S/C7H4F2N2O/c8-7(9)12-6-3-1-2-5(4-10)11-6/h1-3,7H. The monoisotopic (exact) mass is 170 g/mol. The van der Waals surface area contributed by atoms with Gasteiger partial charge in [-0.15, -0.1) is 0 Å². The van der Waals surface area contributed by atoms with Gasteiger partial charge in [-0.2, -0.15) is 14.0 Å². The van der Waals surface area contributed by atoms with E-state index in [1.54, 1.807) is 6.07 Å². The summed E-state index contributed by atoms with van der Waals surface area (Å²) in [7, 11) is 0. The molecular weight excluding hydrogens is 166 g/mol. The molecule has 0 atom stereocenters. The lowest BCUT2D eigenvalue weighted by Gasteiger charge is -2.01. The molecule has 1 aromatic heterocycles. The van der Waals surface area contributed by atoms with E-state index in [2.05, 4.69) is 9.72 Å². The molecule has 0 aromatic carbocycles. The molecule has 0 unspecified atom stereocenters. The lowest BCUT2D eigenvalue weighted by molar-refractivity contribution is -0.0528. The predicted molar refractivity (Wildman–Crippen MR) is 35.6 cm³/mol. The van der Waals surface area contributed by atoms with Crippen molar-refractivity contribution in [1.29, 1.82) is 5.26 Å². The molecule has 12 heavy (non-hydrogen) atoms. The molecule has 5 heteroatoms. The van der Waals surface area contributed by atoms with Crippen LogP contribution in [0.15, 0.2) is 18.2 Å². The molecule has 0 aliphatic heterocycles. The fourth-order valence-electron chi connectivity index (χ4n) is 0.634. The lowest BCUT2D eigenvalue weighted by Crippen LogP contribution is -2.03. The van der Waals surface area contributed by atoms with Crippen LogP contribution in [-0.2, 0) is 0 Å². The van der Waals surface area contributed by atoms with Crippen LogP contribution in [0.2, 0.25) is 0 Å². The van der Waals surface area contributed by atoms with E-state index >= 15 is 0 Å². The largest absolute Gasteiger partial charge is 0.417 e. The van der Waals surface area contributed by atoms with Gasteiger partial charge in [0.15, 0.2) is 0 Å². The van der Waals surface area contributed by atoms with Gasteiger partial charge in [-0.3, -0.25) is 0 Å². The van der Waals surface area contributed by atoms with E-state index in [9.17, 15) is 8.78 Å². The summed E-state index contributed by atoms with van der Waals surface area (Å²) >= 11 is 0. The van der Waals surface area contributed by atoms with Crippen LogP contribution in [0.5, 0.6) is 5.88 Å². The van der Waals surface area contributed by atoms with Crippen molar-refractivity contribution in [3.8, 4) is 11.9 Å². The summed E-state index contributed by atoms with van der Waals surface area (Å²) < 4.78 is 27.2. The zero-order valence-electron chi connectivity index (χ0n) is 5.87. The fraction of sp³-hybridized carbons (Fsp3) is 0.143. The van der Waals surface area contributed by atoms with Crippen LogP contribution in [0, 0.1) is 11.3 Å². The van der Waals surface area contributed by atoms with E-state index in [-0.39, 0.29) is 11.6 Å². The maximum atomic E-state index is 11.6. The van der Waals surface area contributed by atoms with Gasteiger partial charge < -0.3 is 4.74 Å². The van der Waals surface area contributed by atoms with Crippen molar-refractivity contribution < 1.29 is 13.5 Å². The van der Waals surface area contributed by atoms with Crippen molar-refractivity contribution in [3.05, 3.63) is 23.9 Å². The van der Waals surface area contributed by atoms with Gasteiger partial charge in [-0.1, -0.05) is 6.07 Å². The van der Waals surface area contributed by atoms with Gasteiger partial charge in [0.1, 0.15) is 11.8 Å². The molecule has 1 heterocycles. The smallest absolute Gasteiger partial charge is 0.388 e. The van der Waals surface area contributed by atoms with Crippen molar-refractivity contribution >= 4 is 0 Å². The third-order valence-corrected chi connectivity index (χ3v) is 1.05. The second-order valence-electron chi connectivity index (χ2n) is 1.85. The van der Waals surface area contributed by atoms with Crippen LogP contribution in [0.3, 0.4) is 0 Å². The third-order valence-electron chi connectivity index (χ3n) is 1.05. The van der Waals surface area contributed by atoms with Gasteiger partial charge in [0.25, 0.3) is 0 Å². The fourth-order valence-corrected chi connectivity index (χ4v) is 0.634. The van der Waals surface area contributed by atoms with Gasteiger partial charge >= 0.3 is 6.61 Å². The quantitative estimate of drug-likeness (QED) is 0.676. The minimum absolute atomic E-state index is 0.0492. The summed E-state index contributed by atoms with van der Waals surface area (Å²) in [6.45, 7) is -2.91. The SMILES string of the molecule is N#Cc1cccc(OC(F)F)n1. The first-order valence-electron chi connectivity index (χ1n) is 3.04. The first-order chi connectivity index (χ1) is 5.72. The first kappa shape index (κ1) is 8.40. The number of ether oxygens (including phenoxy) is 1. The van der Waals surface area contributed by atoms with Crippen molar-refractivity contribution in [1.82, 2.24) is 4.98 Å². The summed E-state index contributed by atoms with van der Waals surface area (Å²) in [5.74, 6) is -0.246. The average Bonchev–Trinajstić information content (AvgIpc) is 2.03. The van der Waals surface area contributed by atoms with Crippen molar-refractivity contribution in [2.45, 2.75) is 6.61 Å². The molecule has 1 rings (SSSR count). The zero-order chi connectivity index (χ0) is 8.97. The van der Waals surface area contributed by atoms with E-state index in [1.807, 2.05) is 0 Å². The molecule has 0 N–H and O–H groups in total. The molecule has 62 valence electrons. The lowest BCUT2D eigenvalue weighted by atomic mass is 10.4. The van der Waals surface area contributed by atoms with Crippen molar-refractivity contribution in [2.24, 2.45) is 0 Å². The van der Waals surface area contributed by atoms with E-state index < -0.39 is 6.61 Å². The third kappa shape index (κ3) is 2.16. The molecule has 0 spiro atoms. The van der Waals surface area contributed by atoms with E-state index in [4.69, 9.17) is 5.26 Å². The highest BCUT2D eigenvalue weighted by Gasteiger charge is 2.04. The van der Waals surface area contributed by atoms with Crippen LogP contribution in [0.4, 0.5) is 8.78 Å². The summed E-state index contributed by atoms with van der Waals surface area (Å²) in [5, 5.41) is 8.34. The zero-order valence-corrected chi connectivity index (χ0v) is 5.87. The molecule has 0 aliphatic rings. The van der Waals surface area contributed by atoms with E-state index in [0.29, 0.717) is 0 Å². The van der Waals surface area contributed by atoms with Crippen LogP contribution in [-0.4, -0.2) is 11.6 Å². The maximum Gasteiger partial charge on any atom is 0.388 e. The summed E-state index contributed by atoms with van der Waals surface area (Å²) in [5.41, 5.74) is 0.0492. The number of rotatable bonds is 2. The van der Waals surface area contributed by atoms with Crippen LogP contribution in [0.1, 0.15) is 5.69 Å². The molecule has 0 aliphatic carbocycles. The summed E-state index contributed by atoms with van der Waals surface area (Å²) in [6.07, 6.45) is 0. The van der Waals surface area contributed by atoms with Gasteiger partial charge in [0.05, 0.1) is 0 Å². The Morgan fingerprint density at radius 1 is 1.50 bits per heavy atom. The number of alkyl halides is 2. The maximum absolute atomic E-state index is 11.6. The molecule has 3 nitrogen and oxygen atoms in total. The van der Waals surface area contributed by atoms with Crippen LogP contribution < -0.4 is 4.74 Å². The molecule has 0 saturated heterocycles. The molecule has 0 amide bonds. The molecule has 0 fully saturated rings. The minimum Gasteiger partial charge on any atom is -0.417 e. The average molecular weight is 170 g/mol. The number of nitrogens with zero attached hydrogens (tertiary/aromatic N) is 2. The van der Waals surface area contributed by atoms with E-state index in [1.165, 1.54) is 18.2 Å². The number of pyridine rings is 1. The summed E-state index contributed by atoms with van der Waals surface area (Å²) in [4.78, 5) is 3.47. The Labute approximate surface area is 67.2 Å². The van der Waals surface area contributed by atoms with E-state index in [0.717, 1.165) is 0 Å². The second-order valence-corrected chi connectivity index (χ2v) is 1.85. The van der Waals surface area contributed by atoms with Gasteiger partial charge in [0, 0.05) is 6.07 Å². The first-order valence-corrected chi connectivity index (χ1v) is 3.04. The van der Waals surface area contributed by atoms with Crippen molar-refractivity contribution in [2.75, 3.05) is 0 Å². The Bertz CT molecular complexity index is 309. The van der Waals surface area contributed by atoms with Gasteiger partial charge in [0.2, 0.25) is 5.88 Å². The minimum atomic E-state index is -2.91. The topological polar surface area (TPSA) is 45.9 Å². The number of hydrogen-bond acceptors (Lipinski definition) is 3. The Kier molecular flexibility index (Phi) is 2.53. The van der Waals surface area contributed by atoms with Crippen molar-refractivity contribution in [3.63, 3.8) is 0 Å². The number of nitriles is 1. The Morgan fingerprint density at radius 3 is 2.83 bits per heavy atom. The number of aromatic nitrogens is 1. The predicted octanol–water partition coefficient (Wildman–Crippen LogP) is 1.55. The van der Waals surface area contributed by atoms with Gasteiger partial charge in [-0.05, 0) is 6.07 Å². The molecule has 0 radical (unpaired) electrons. The number of halogens is 2. The second kappa shape index (κ2) is 3.62. The Balaban J connectivity index is 2.81.